The number of aliphatic hydroxyl groups is 1. The normalized spacial score (nSPS) is 15.3. The third kappa shape index (κ3) is 4.34. The Morgan fingerprint density at radius 1 is 1.58 bits per heavy atom. The molecule has 2 atom stereocenters. The Morgan fingerprint density at radius 3 is 2.58 bits per heavy atom. The molecule has 0 aromatic carbocycles. The van der Waals surface area contributed by atoms with Crippen LogP contribution >= 0.6 is 0 Å². The van der Waals surface area contributed by atoms with E-state index in [0.717, 1.165) is 12.8 Å². The average molecular weight is 174 g/mol. The van der Waals surface area contributed by atoms with Crippen molar-refractivity contribution in [2.24, 2.45) is 5.92 Å². The molecule has 0 spiro atoms. The molecule has 0 radical (unpaired) electrons. The Bertz CT molecular complexity index is 134. The SMILES string of the molecule is CCC[C@H](C)[C@@H](O)CC(=O)OC. The van der Waals surface area contributed by atoms with E-state index in [1.807, 2.05) is 6.92 Å². The summed E-state index contributed by atoms with van der Waals surface area (Å²) < 4.78 is 4.45. The van der Waals surface area contributed by atoms with Crippen molar-refractivity contribution < 1.29 is 14.6 Å². The molecular weight excluding hydrogens is 156 g/mol. The van der Waals surface area contributed by atoms with Crippen molar-refractivity contribution in [3.63, 3.8) is 0 Å². The van der Waals surface area contributed by atoms with Gasteiger partial charge in [-0.25, -0.2) is 0 Å². The Morgan fingerprint density at radius 2 is 2.17 bits per heavy atom. The number of methoxy groups -OCH3 is 1. The van der Waals surface area contributed by atoms with Gasteiger partial charge in [-0.2, -0.15) is 0 Å². The number of esters is 1. The first-order valence-electron chi connectivity index (χ1n) is 4.36. The second-order valence-corrected chi connectivity index (χ2v) is 3.11. The number of rotatable bonds is 5. The first kappa shape index (κ1) is 11.4. The van der Waals surface area contributed by atoms with Gasteiger partial charge < -0.3 is 9.84 Å². The molecule has 3 nitrogen and oxygen atoms in total. The van der Waals surface area contributed by atoms with Gasteiger partial charge in [0, 0.05) is 0 Å². The van der Waals surface area contributed by atoms with Gasteiger partial charge in [0.15, 0.2) is 0 Å². The van der Waals surface area contributed by atoms with E-state index in [4.69, 9.17) is 0 Å². The summed E-state index contributed by atoms with van der Waals surface area (Å²) in [5.41, 5.74) is 0. The Hall–Kier alpha value is -0.570. The Balaban J connectivity index is 3.69. The molecule has 0 rings (SSSR count). The van der Waals surface area contributed by atoms with Gasteiger partial charge in [-0.1, -0.05) is 20.3 Å². The molecule has 0 heterocycles. The zero-order chi connectivity index (χ0) is 9.56. The van der Waals surface area contributed by atoms with Crippen LogP contribution in [0.3, 0.4) is 0 Å². The van der Waals surface area contributed by atoms with Crippen LogP contribution in [0.4, 0.5) is 0 Å². The average Bonchev–Trinajstić information content (AvgIpc) is 2.04. The molecule has 0 aromatic heterocycles. The van der Waals surface area contributed by atoms with Gasteiger partial charge in [0.1, 0.15) is 0 Å². The standard InChI is InChI=1S/C9H18O3/c1-4-5-7(2)8(10)6-9(11)12-3/h7-8,10H,4-6H2,1-3H3/t7-,8-/m0/s1. The molecule has 3 heteroatoms. The van der Waals surface area contributed by atoms with E-state index < -0.39 is 6.10 Å². The van der Waals surface area contributed by atoms with E-state index in [2.05, 4.69) is 11.7 Å². The van der Waals surface area contributed by atoms with Gasteiger partial charge >= 0.3 is 5.97 Å². The lowest BCUT2D eigenvalue weighted by atomic mass is 9.97. The van der Waals surface area contributed by atoms with Crippen LogP contribution in [-0.2, 0) is 9.53 Å². The fourth-order valence-electron chi connectivity index (χ4n) is 1.10. The topological polar surface area (TPSA) is 46.5 Å². The Labute approximate surface area is 73.7 Å². The van der Waals surface area contributed by atoms with Crippen LogP contribution in [0.1, 0.15) is 33.1 Å². The molecule has 0 aliphatic heterocycles. The highest BCUT2D eigenvalue weighted by Crippen LogP contribution is 2.13. The lowest BCUT2D eigenvalue weighted by Crippen LogP contribution is -2.22. The van der Waals surface area contributed by atoms with Gasteiger partial charge in [0.25, 0.3) is 0 Å². The molecule has 1 N–H and O–H groups in total. The Kier molecular flexibility index (Phi) is 5.72. The first-order chi connectivity index (χ1) is 5.61. The lowest BCUT2D eigenvalue weighted by molar-refractivity contribution is -0.143. The summed E-state index contributed by atoms with van der Waals surface area (Å²) in [5, 5.41) is 9.45. The van der Waals surface area contributed by atoms with Crippen molar-refractivity contribution in [3.8, 4) is 0 Å². The fourth-order valence-corrected chi connectivity index (χ4v) is 1.10. The van der Waals surface area contributed by atoms with Crippen molar-refractivity contribution in [1.82, 2.24) is 0 Å². The minimum atomic E-state index is -0.558. The molecule has 0 aliphatic carbocycles. The van der Waals surface area contributed by atoms with Crippen molar-refractivity contribution >= 4 is 5.97 Å². The number of ether oxygens (including phenoxy) is 1. The van der Waals surface area contributed by atoms with Crippen molar-refractivity contribution in [1.29, 1.82) is 0 Å². The van der Waals surface area contributed by atoms with Gasteiger partial charge in [-0.3, -0.25) is 4.79 Å². The van der Waals surface area contributed by atoms with Crippen LogP contribution in [0.5, 0.6) is 0 Å². The first-order valence-corrected chi connectivity index (χ1v) is 4.36. The van der Waals surface area contributed by atoms with Crippen LogP contribution in [0.15, 0.2) is 0 Å². The van der Waals surface area contributed by atoms with Crippen LogP contribution < -0.4 is 0 Å². The molecule has 0 aromatic rings. The molecule has 0 saturated heterocycles. The maximum absolute atomic E-state index is 10.7. The van der Waals surface area contributed by atoms with Crippen LogP contribution in [-0.4, -0.2) is 24.3 Å². The van der Waals surface area contributed by atoms with Gasteiger partial charge in [0.2, 0.25) is 0 Å². The zero-order valence-corrected chi connectivity index (χ0v) is 8.04. The fraction of sp³-hybridized carbons (Fsp3) is 0.889. The maximum atomic E-state index is 10.7. The molecular formula is C9H18O3. The van der Waals surface area contributed by atoms with E-state index in [1.165, 1.54) is 7.11 Å². The second-order valence-electron chi connectivity index (χ2n) is 3.11. The molecule has 0 bridgehead atoms. The monoisotopic (exact) mass is 174 g/mol. The molecule has 0 unspecified atom stereocenters. The minimum absolute atomic E-state index is 0.109. The number of aliphatic hydroxyl groups excluding tert-OH is 1. The highest BCUT2D eigenvalue weighted by Gasteiger charge is 2.17. The molecule has 12 heavy (non-hydrogen) atoms. The van der Waals surface area contributed by atoms with E-state index in [9.17, 15) is 9.90 Å². The minimum Gasteiger partial charge on any atom is -0.469 e. The van der Waals surface area contributed by atoms with Crippen LogP contribution in [0.25, 0.3) is 0 Å². The van der Waals surface area contributed by atoms with Crippen LogP contribution in [0, 0.1) is 5.92 Å². The summed E-state index contributed by atoms with van der Waals surface area (Å²) in [4.78, 5) is 10.7. The smallest absolute Gasteiger partial charge is 0.308 e. The largest absolute Gasteiger partial charge is 0.469 e. The van der Waals surface area contributed by atoms with E-state index in [-0.39, 0.29) is 18.3 Å². The summed E-state index contributed by atoms with van der Waals surface area (Å²) in [6.07, 6.45) is 1.52. The van der Waals surface area contributed by atoms with Crippen molar-refractivity contribution in [3.05, 3.63) is 0 Å². The van der Waals surface area contributed by atoms with Gasteiger partial charge in [0.05, 0.1) is 19.6 Å². The summed E-state index contributed by atoms with van der Waals surface area (Å²) in [6.45, 7) is 4.00. The lowest BCUT2D eigenvalue weighted by Gasteiger charge is -2.16. The quantitative estimate of drug-likeness (QED) is 0.640. The summed E-state index contributed by atoms with van der Waals surface area (Å²) in [5.74, 6) is -0.167. The summed E-state index contributed by atoms with van der Waals surface area (Å²) in [7, 11) is 1.33. The molecule has 0 saturated carbocycles. The van der Waals surface area contributed by atoms with Gasteiger partial charge in [-0.05, 0) is 12.3 Å². The maximum Gasteiger partial charge on any atom is 0.308 e. The number of hydrogen-bond acceptors (Lipinski definition) is 3. The van der Waals surface area contributed by atoms with Crippen molar-refractivity contribution in [2.45, 2.75) is 39.2 Å². The second kappa shape index (κ2) is 6.00. The predicted molar refractivity (Wildman–Crippen MR) is 46.7 cm³/mol. The number of hydrogen-bond donors (Lipinski definition) is 1. The van der Waals surface area contributed by atoms with E-state index >= 15 is 0 Å². The van der Waals surface area contributed by atoms with Crippen molar-refractivity contribution in [2.75, 3.05) is 7.11 Å². The summed E-state index contributed by atoms with van der Waals surface area (Å²) in [6, 6.07) is 0. The highest BCUT2D eigenvalue weighted by molar-refractivity contribution is 5.69. The molecule has 0 aliphatic rings. The zero-order valence-electron chi connectivity index (χ0n) is 8.04. The third-order valence-electron chi connectivity index (χ3n) is 2.00. The third-order valence-corrected chi connectivity index (χ3v) is 2.00. The van der Waals surface area contributed by atoms with E-state index in [1.54, 1.807) is 0 Å². The summed E-state index contributed by atoms with van der Waals surface area (Å²) >= 11 is 0. The highest BCUT2D eigenvalue weighted by atomic mass is 16.5. The molecule has 0 amide bonds. The van der Waals surface area contributed by atoms with Gasteiger partial charge in [-0.15, -0.1) is 0 Å². The number of carbonyl (C=O) groups excluding carboxylic acids is 1. The van der Waals surface area contributed by atoms with E-state index in [0.29, 0.717) is 0 Å². The molecule has 0 fully saturated rings. The number of carbonyl (C=O) groups is 1. The predicted octanol–water partition coefficient (Wildman–Crippen LogP) is 1.35. The molecule has 72 valence electrons. The van der Waals surface area contributed by atoms with Crippen LogP contribution in [0.2, 0.25) is 0 Å².